The lowest BCUT2D eigenvalue weighted by Gasteiger charge is -2.35. The number of aryl methyl sites for hydroxylation is 1. The van der Waals surface area contributed by atoms with Crippen LogP contribution in [0.5, 0.6) is 0 Å². The Morgan fingerprint density at radius 1 is 1.44 bits per heavy atom. The van der Waals surface area contributed by atoms with Crippen LogP contribution in [-0.4, -0.2) is 22.3 Å². The highest BCUT2D eigenvalue weighted by Gasteiger charge is 2.44. The Morgan fingerprint density at radius 2 is 2.06 bits per heavy atom. The third-order valence-electron chi connectivity index (χ3n) is 3.59. The number of carboxylic acid groups (broad SMARTS) is 1. The molecule has 1 saturated carbocycles. The number of thiophene rings is 1. The number of aliphatic carboxylic acids is 1. The lowest BCUT2D eigenvalue weighted by molar-refractivity contribution is -0.146. The summed E-state index contributed by atoms with van der Waals surface area (Å²) in [7, 11) is 0. The van der Waals surface area contributed by atoms with E-state index >= 15 is 0 Å². The van der Waals surface area contributed by atoms with Crippen LogP contribution in [0.4, 0.5) is 0 Å². The van der Waals surface area contributed by atoms with E-state index in [1.807, 2.05) is 17.7 Å². The van der Waals surface area contributed by atoms with Gasteiger partial charge in [-0.3, -0.25) is 4.79 Å². The van der Waals surface area contributed by atoms with Crippen molar-refractivity contribution in [2.45, 2.75) is 44.1 Å². The molecule has 2 N–H and O–H groups in total. The van der Waals surface area contributed by atoms with Gasteiger partial charge in [0.05, 0.1) is 11.5 Å². The monoisotopic (exact) mass is 240 g/mol. The number of aliphatic hydroxyl groups excluding tert-OH is 1. The first-order chi connectivity index (χ1) is 7.56. The summed E-state index contributed by atoms with van der Waals surface area (Å²) in [4.78, 5) is 11.6. The first kappa shape index (κ1) is 11.6. The summed E-state index contributed by atoms with van der Waals surface area (Å²) >= 11 is 1.55. The molecule has 0 aromatic carbocycles. The summed E-state index contributed by atoms with van der Waals surface area (Å²) in [5.74, 6) is -0.749. The molecule has 4 heteroatoms. The van der Waals surface area contributed by atoms with Crippen LogP contribution in [0.1, 0.15) is 36.8 Å². The molecule has 3 nitrogen and oxygen atoms in total. The number of carboxylic acids is 1. The van der Waals surface area contributed by atoms with Crippen molar-refractivity contribution in [1.29, 1.82) is 0 Å². The van der Waals surface area contributed by atoms with Gasteiger partial charge in [-0.2, -0.15) is 11.3 Å². The van der Waals surface area contributed by atoms with Crippen molar-refractivity contribution in [1.82, 2.24) is 0 Å². The third kappa shape index (κ3) is 1.76. The first-order valence-corrected chi connectivity index (χ1v) is 6.45. The molecule has 16 heavy (non-hydrogen) atoms. The zero-order chi connectivity index (χ0) is 11.8. The van der Waals surface area contributed by atoms with E-state index < -0.39 is 11.4 Å². The van der Waals surface area contributed by atoms with Crippen LogP contribution in [0, 0.1) is 6.92 Å². The molecule has 0 radical (unpaired) electrons. The lowest BCUT2D eigenvalue weighted by Crippen LogP contribution is -2.40. The maximum absolute atomic E-state index is 11.6. The molecule has 0 amide bonds. The summed E-state index contributed by atoms with van der Waals surface area (Å²) in [5.41, 5.74) is 1.24. The molecule has 0 spiro atoms. The fourth-order valence-corrected chi connectivity index (χ4v) is 3.49. The number of carbonyl (C=O) groups is 1. The average molecular weight is 240 g/mol. The minimum Gasteiger partial charge on any atom is -0.481 e. The maximum Gasteiger partial charge on any atom is 0.314 e. The van der Waals surface area contributed by atoms with Crippen molar-refractivity contribution in [3.05, 3.63) is 21.9 Å². The van der Waals surface area contributed by atoms with Gasteiger partial charge in [0.25, 0.3) is 0 Å². The second-order valence-corrected chi connectivity index (χ2v) is 5.33. The molecule has 1 aromatic heterocycles. The molecule has 0 atom stereocenters. The van der Waals surface area contributed by atoms with E-state index in [9.17, 15) is 15.0 Å². The normalized spacial score (nSPS) is 30.2. The van der Waals surface area contributed by atoms with E-state index in [0.717, 1.165) is 11.1 Å². The fourth-order valence-electron chi connectivity index (χ4n) is 2.54. The molecular formula is C12H16O3S. The number of hydrogen-bond acceptors (Lipinski definition) is 3. The van der Waals surface area contributed by atoms with E-state index in [4.69, 9.17) is 0 Å². The zero-order valence-electron chi connectivity index (χ0n) is 9.27. The standard InChI is InChI=1S/C12H16O3S/c1-8-6-16-7-10(8)12(11(14)15)4-2-9(13)3-5-12/h6-7,9,13H,2-5H2,1H3,(H,14,15). The summed E-state index contributed by atoms with van der Waals surface area (Å²) in [5, 5.41) is 22.9. The van der Waals surface area contributed by atoms with Crippen LogP contribution in [0.15, 0.2) is 10.8 Å². The van der Waals surface area contributed by atoms with Crippen molar-refractivity contribution < 1.29 is 15.0 Å². The SMILES string of the molecule is Cc1cscc1C1(C(=O)O)CCC(O)CC1. The number of hydrogen-bond donors (Lipinski definition) is 2. The van der Waals surface area contributed by atoms with Crippen molar-refractivity contribution >= 4 is 17.3 Å². The van der Waals surface area contributed by atoms with Crippen LogP contribution in [0.2, 0.25) is 0 Å². The largest absolute Gasteiger partial charge is 0.481 e. The van der Waals surface area contributed by atoms with Gasteiger partial charge in [-0.1, -0.05) is 0 Å². The van der Waals surface area contributed by atoms with Gasteiger partial charge in [0.15, 0.2) is 0 Å². The van der Waals surface area contributed by atoms with Gasteiger partial charge >= 0.3 is 5.97 Å². The van der Waals surface area contributed by atoms with Crippen LogP contribution in [-0.2, 0) is 10.2 Å². The Hall–Kier alpha value is -0.870. The highest BCUT2D eigenvalue weighted by molar-refractivity contribution is 7.08. The molecule has 0 bridgehead atoms. The summed E-state index contributed by atoms with van der Waals surface area (Å²) in [6, 6.07) is 0. The molecule has 1 aromatic rings. The lowest BCUT2D eigenvalue weighted by atomic mass is 9.68. The van der Waals surface area contributed by atoms with Gasteiger partial charge in [0.2, 0.25) is 0 Å². The molecule has 0 unspecified atom stereocenters. The number of rotatable bonds is 2. The summed E-state index contributed by atoms with van der Waals surface area (Å²) in [6.07, 6.45) is 1.93. The summed E-state index contributed by atoms with van der Waals surface area (Å²) in [6.45, 7) is 1.96. The Morgan fingerprint density at radius 3 is 2.50 bits per heavy atom. The van der Waals surface area contributed by atoms with Crippen molar-refractivity contribution in [2.75, 3.05) is 0 Å². The Balaban J connectivity index is 2.37. The summed E-state index contributed by atoms with van der Waals surface area (Å²) < 4.78 is 0. The molecular weight excluding hydrogens is 224 g/mol. The first-order valence-electron chi connectivity index (χ1n) is 5.51. The second kappa shape index (κ2) is 4.18. The van der Waals surface area contributed by atoms with E-state index in [1.165, 1.54) is 0 Å². The van der Waals surface area contributed by atoms with Gasteiger partial charge in [-0.05, 0) is 54.5 Å². The van der Waals surface area contributed by atoms with Crippen molar-refractivity contribution in [3.63, 3.8) is 0 Å². The van der Waals surface area contributed by atoms with Gasteiger partial charge in [0.1, 0.15) is 0 Å². The highest BCUT2D eigenvalue weighted by Crippen LogP contribution is 2.42. The predicted octanol–water partition coefficient (Wildman–Crippen LogP) is 2.31. The van der Waals surface area contributed by atoms with E-state index in [0.29, 0.717) is 25.7 Å². The van der Waals surface area contributed by atoms with E-state index in [1.54, 1.807) is 11.3 Å². The molecule has 0 saturated heterocycles. The molecule has 1 aliphatic carbocycles. The van der Waals surface area contributed by atoms with Gasteiger partial charge in [-0.25, -0.2) is 0 Å². The fraction of sp³-hybridized carbons (Fsp3) is 0.583. The molecule has 1 aliphatic rings. The smallest absolute Gasteiger partial charge is 0.314 e. The second-order valence-electron chi connectivity index (χ2n) is 4.59. The highest BCUT2D eigenvalue weighted by atomic mass is 32.1. The predicted molar refractivity (Wildman–Crippen MR) is 62.8 cm³/mol. The van der Waals surface area contributed by atoms with Crippen LogP contribution >= 0.6 is 11.3 Å². The zero-order valence-corrected chi connectivity index (χ0v) is 10.1. The molecule has 1 heterocycles. The maximum atomic E-state index is 11.6. The minimum atomic E-state index is -0.761. The number of aliphatic hydroxyl groups is 1. The van der Waals surface area contributed by atoms with Gasteiger partial charge in [-0.15, -0.1) is 0 Å². The minimum absolute atomic E-state index is 0.327. The Kier molecular flexibility index (Phi) is 3.04. The van der Waals surface area contributed by atoms with Gasteiger partial charge < -0.3 is 10.2 Å². The van der Waals surface area contributed by atoms with Gasteiger partial charge in [0, 0.05) is 0 Å². The van der Waals surface area contributed by atoms with Crippen LogP contribution in [0.3, 0.4) is 0 Å². The quantitative estimate of drug-likeness (QED) is 0.834. The van der Waals surface area contributed by atoms with Crippen LogP contribution < -0.4 is 0 Å². The van der Waals surface area contributed by atoms with E-state index in [2.05, 4.69) is 0 Å². The van der Waals surface area contributed by atoms with Crippen LogP contribution in [0.25, 0.3) is 0 Å². The molecule has 88 valence electrons. The van der Waals surface area contributed by atoms with Crippen molar-refractivity contribution in [2.24, 2.45) is 0 Å². The average Bonchev–Trinajstić information content (AvgIpc) is 2.66. The molecule has 2 rings (SSSR count). The topological polar surface area (TPSA) is 57.5 Å². The molecule has 1 fully saturated rings. The van der Waals surface area contributed by atoms with E-state index in [-0.39, 0.29) is 6.10 Å². The Bertz CT molecular complexity index is 389. The molecule has 0 aliphatic heterocycles. The van der Waals surface area contributed by atoms with Crippen molar-refractivity contribution in [3.8, 4) is 0 Å². The third-order valence-corrected chi connectivity index (χ3v) is 4.45. The Labute approximate surface area is 98.7 Å².